The Kier molecular flexibility index (Phi) is 4.14. The van der Waals surface area contributed by atoms with Crippen LogP contribution in [0.5, 0.6) is 0 Å². The van der Waals surface area contributed by atoms with Gasteiger partial charge in [0.1, 0.15) is 5.82 Å². The van der Waals surface area contributed by atoms with Crippen molar-refractivity contribution < 1.29 is 9.18 Å². The SMILES string of the molecule is N#Cc1cccc(-c2cnc3ccc(N4CCC(=O)N4c4cccc(F)c4)nn23)c1. The number of anilines is 2. The highest BCUT2D eigenvalue weighted by Crippen LogP contribution is 2.29. The highest BCUT2D eigenvalue weighted by atomic mass is 19.1. The molecule has 0 spiro atoms. The second kappa shape index (κ2) is 6.97. The maximum absolute atomic E-state index is 13.7. The Bertz CT molecular complexity index is 1320. The van der Waals surface area contributed by atoms with Crippen LogP contribution >= 0.6 is 0 Å². The maximum Gasteiger partial charge on any atom is 0.247 e. The van der Waals surface area contributed by atoms with Crippen molar-refractivity contribution in [1.29, 1.82) is 5.26 Å². The van der Waals surface area contributed by atoms with Crippen LogP contribution in [0.3, 0.4) is 0 Å². The van der Waals surface area contributed by atoms with Crippen LogP contribution in [0, 0.1) is 17.1 Å². The zero-order chi connectivity index (χ0) is 20.7. The standard InChI is InChI=1S/C22H15FN6O/c23-17-5-2-6-18(12-17)29-22(30)9-10-27(29)21-8-7-20-25-14-19(28(20)26-21)16-4-1-3-15(11-16)13-24/h1-8,11-12,14H,9-10H2. The summed E-state index contributed by atoms with van der Waals surface area (Å²) in [5, 5.41) is 17.1. The first kappa shape index (κ1) is 17.8. The molecule has 0 atom stereocenters. The molecule has 30 heavy (non-hydrogen) atoms. The van der Waals surface area contributed by atoms with Crippen molar-refractivity contribution >= 4 is 23.1 Å². The van der Waals surface area contributed by atoms with Gasteiger partial charge in [0.25, 0.3) is 0 Å². The van der Waals surface area contributed by atoms with E-state index in [-0.39, 0.29) is 5.91 Å². The van der Waals surface area contributed by atoms with Gasteiger partial charge in [-0.15, -0.1) is 5.10 Å². The minimum Gasteiger partial charge on any atom is -0.273 e. The first-order valence-corrected chi connectivity index (χ1v) is 9.35. The molecule has 1 fully saturated rings. The molecule has 0 unspecified atom stereocenters. The Labute approximate surface area is 171 Å². The lowest BCUT2D eigenvalue weighted by atomic mass is 10.1. The summed E-state index contributed by atoms with van der Waals surface area (Å²) in [5.41, 5.74) is 3.17. The summed E-state index contributed by atoms with van der Waals surface area (Å²) in [4.78, 5) is 16.9. The molecule has 0 bridgehead atoms. The summed E-state index contributed by atoms with van der Waals surface area (Å²) in [6.07, 6.45) is 2.00. The summed E-state index contributed by atoms with van der Waals surface area (Å²) < 4.78 is 15.4. The maximum atomic E-state index is 13.7. The monoisotopic (exact) mass is 398 g/mol. The second-order valence-electron chi connectivity index (χ2n) is 6.86. The molecule has 1 aliphatic heterocycles. The Morgan fingerprint density at radius 2 is 1.93 bits per heavy atom. The molecule has 2 aromatic heterocycles. The number of hydrogen-bond acceptors (Lipinski definition) is 5. The predicted octanol–water partition coefficient (Wildman–Crippen LogP) is 3.57. The van der Waals surface area contributed by atoms with Crippen LogP contribution in [-0.4, -0.2) is 27.0 Å². The molecule has 8 heteroatoms. The Hall–Kier alpha value is -4.25. The fraction of sp³-hybridized carbons (Fsp3) is 0.0909. The van der Waals surface area contributed by atoms with Crippen LogP contribution in [0.2, 0.25) is 0 Å². The number of aromatic nitrogens is 3. The molecule has 146 valence electrons. The van der Waals surface area contributed by atoms with E-state index in [4.69, 9.17) is 5.10 Å². The van der Waals surface area contributed by atoms with Gasteiger partial charge in [0.05, 0.1) is 35.8 Å². The number of amides is 1. The molecule has 0 aliphatic carbocycles. The van der Waals surface area contributed by atoms with Crippen molar-refractivity contribution in [2.45, 2.75) is 6.42 Å². The highest BCUT2D eigenvalue weighted by molar-refractivity contribution is 5.98. The molecule has 5 rings (SSSR count). The zero-order valence-corrected chi connectivity index (χ0v) is 15.7. The van der Waals surface area contributed by atoms with Gasteiger partial charge in [-0.25, -0.2) is 18.9 Å². The lowest BCUT2D eigenvalue weighted by Crippen LogP contribution is -2.40. The van der Waals surface area contributed by atoms with Crippen molar-refractivity contribution in [3.05, 3.63) is 78.2 Å². The van der Waals surface area contributed by atoms with Crippen molar-refractivity contribution in [2.75, 3.05) is 16.6 Å². The quantitative estimate of drug-likeness (QED) is 0.527. The third-order valence-corrected chi connectivity index (χ3v) is 4.97. The number of imidazole rings is 1. The van der Waals surface area contributed by atoms with Crippen molar-refractivity contribution in [3.63, 3.8) is 0 Å². The van der Waals surface area contributed by atoms with Crippen molar-refractivity contribution in [1.82, 2.24) is 14.6 Å². The number of nitrogens with zero attached hydrogens (tertiary/aromatic N) is 6. The molecule has 0 saturated carbocycles. The van der Waals surface area contributed by atoms with Gasteiger partial charge in [-0.3, -0.25) is 9.80 Å². The number of hydrogen-bond donors (Lipinski definition) is 0. The first-order valence-electron chi connectivity index (χ1n) is 9.35. The largest absolute Gasteiger partial charge is 0.273 e. The van der Waals surface area contributed by atoms with Crippen LogP contribution in [0.4, 0.5) is 15.9 Å². The molecular formula is C22H15FN6O. The van der Waals surface area contributed by atoms with E-state index in [9.17, 15) is 14.4 Å². The van der Waals surface area contributed by atoms with Gasteiger partial charge in [0.15, 0.2) is 11.5 Å². The Morgan fingerprint density at radius 1 is 1.07 bits per heavy atom. The van der Waals surface area contributed by atoms with E-state index in [1.54, 1.807) is 46.1 Å². The van der Waals surface area contributed by atoms with Crippen molar-refractivity contribution in [2.24, 2.45) is 0 Å². The number of nitriles is 1. The third-order valence-electron chi connectivity index (χ3n) is 4.97. The molecule has 1 aliphatic rings. The molecule has 3 heterocycles. The third kappa shape index (κ3) is 2.93. The van der Waals surface area contributed by atoms with E-state index in [1.807, 2.05) is 18.2 Å². The van der Waals surface area contributed by atoms with Gasteiger partial charge in [-0.2, -0.15) is 5.26 Å². The number of rotatable bonds is 3. The minimum absolute atomic E-state index is 0.130. The van der Waals surface area contributed by atoms with E-state index >= 15 is 0 Å². The molecule has 1 saturated heterocycles. The van der Waals surface area contributed by atoms with Crippen LogP contribution in [0.25, 0.3) is 16.9 Å². The van der Waals surface area contributed by atoms with Crippen LogP contribution in [0.1, 0.15) is 12.0 Å². The molecular weight excluding hydrogens is 383 g/mol. The van der Waals surface area contributed by atoms with Gasteiger partial charge < -0.3 is 0 Å². The average molecular weight is 398 g/mol. The summed E-state index contributed by atoms with van der Waals surface area (Å²) >= 11 is 0. The smallest absolute Gasteiger partial charge is 0.247 e. The first-order chi connectivity index (χ1) is 14.6. The summed E-state index contributed by atoms with van der Waals surface area (Å²) in [7, 11) is 0. The number of carbonyl (C=O) groups is 1. The second-order valence-corrected chi connectivity index (χ2v) is 6.86. The summed E-state index contributed by atoms with van der Waals surface area (Å²) in [6.45, 7) is 0.432. The lowest BCUT2D eigenvalue weighted by Gasteiger charge is -2.28. The fourth-order valence-corrected chi connectivity index (χ4v) is 3.60. The van der Waals surface area contributed by atoms with Crippen molar-refractivity contribution in [3.8, 4) is 17.3 Å². The van der Waals surface area contributed by atoms with E-state index in [2.05, 4.69) is 11.1 Å². The van der Waals surface area contributed by atoms with Gasteiger partial charge in [-0.05, 0) is 42.5 Å². The summed E-state index contributed by atoms with van der Waals surface area (Å²) in [5.74, 6) is -0.00629. The number of carbonyl (C=O) groups excluding carboxylic acids is 1. The average Bonchev–Trinajstić information content (AvgIpc) is 3.36. The van der Waals surface area contributed by atoms with E-state index < -0.39 is 5.82 Å². The van der Waals surface area contributed by atoms with Gasteiger partial charge in [0, 0.05) is 12.0 Å². The Morgan fingerprint density at radius 3 is 2.77 bits per heavy atom. The fourth-order valence-electron chi connectivity index (χ4n) is 3.60. The number of benzene rings is 2. The summed E-state index contributed by atoms with van der Waals surface area (Å²) in [6, 6.07) is 18.9. The van der Waals surface area contributed by atoms with Gasteiger partial charge >= 0.3 is 0 Å². The molecule has 1 amide bonds. The Balaban J connectivity index is 1.59. The van der Waals surface area contributed by atoms with Crippen LogP contribution in [0.15, 0.2) is 66.9 Å². The number of halogens is 1. The number of fused-ring (bicyclic) bond motifs is 1. The molecule has 2 aromatic carbocycles. The van der Waals surface area contributed by atoms with E-state index in [0.29, 0.717) is 35.7 Å². The van der Waals surface area contributed by atoms with E-state index in [1.165, 1.54) is 17.1 Å². The van der Waals surface area contributed by atoms with E-state index in [0.717, 1.165) is 11.3 Å². The molecule has 4 aromatic rings. The topological polar surface area (TPSA) is 77.5 Å². The zero-order valence-electron chi connectivity index (χ0n) is 15.7. The molecule has 0 N–H and O–H groups in total. The van der Waals surface area contributed by atoms with Gasteiger partial charge in [-0.1, -0.05) is 18.2 Å². The predicted molar refractivity (Wildman–Crippen MR) is 109 cm³/mol. The molecule has 7 nitrogen and oxygen atoms in total. The van der Waals surface area contributed by atoms with Gasteiger partial charge in [0.2, 0.25) is 5.91 Å². The molecule has 0 radical (unpaired) electrons. The lowest BCUT2D eigenvalue weighted by molar-refractivity contribution is -0.117. The van der Waals surface area contributed by atoms with Crippen LogP contribution in [-0.2, 0) is 4.79 Å². The minimum atomic E-state index is -0.412. The van der Waals surface area contributed by atoms with Crippen LogP contribution < -0.4 is 10.0 Å². The normalized spacial score (nSPS) is 13.8. The number of hydrazine groups is 1. The highest BCUT2D eigenvalue weighted by Gasteiger charge is 2.32.